The predicted octanol–water partition coefficient (Wildman–Crippen LogP) is 1.75. The number of hydrogen-bond acceptors (Lipinski definition) is 3. The van der Waals surface area contributed by atoms with Gasteiger partial charge in [0.25, 0.3) is 0 Å². The van der Waals surface area contributed by atoms with Crippen molar-refractivity contribution in [1.82, 2.24) is 0 Å². The molecule has 5 nitrogen and oxygen atoms in total. The minimum atomic E-state index is -0.687. The highest BCUT2D eigenvalue weighted by Crippen LogP contribution is 2.53. The first-order valence-electron chi connectivity index (χ1n) is 7.14. The fourth-order valence-corrected chi connectivity index (χ4v) is 4.21. The second-order valence-electron chi connectivity index (χ2n) is 6.04. The maximum atomic E-state index is 12.7. The lowest BCUT2D eigenvalue weighted by molar-refractivity contribution is -0.123. The highest BCUT2D eigenvalue weighted by atomic mass is 35.5. The van der Waals surface area contributed by atoms with Gasteiger partial charge in [0.15, 0.2) is 0 Å². The number of nitrogens with zero attached hydrogens (tertiary/aromatic N) is 1. The van der Waals surface area contributed by atoms with E-state index in [0.29, 0.717) is 5.69 Å². The molecule has 22 heavy (non-hydrogen) atoms. The van der Waals surface area contributed by atoms with Crippen LogP contribution in [0.2, 0.25) is 5.02 Å². The number of imide groups is 1. The molecule has 112 valence electrons. The molecule has 1 saturated heterocycles. The Morgan fingerprint density at radius 1 is 1.14 bits per heavy atom. The van der Waals surface area contributed by atoms with Gasteiger partial charge in [-0.25, -0.2) is 4.90 Å². The van der Waals surface area contributed by atoms with E-state index in [4.69, 9.17) is 17.3 Å². The Hall–Kier alpha value is -2.14. The molecule has 6 heteroatoms. The van der Waals surface area contributed by atoms with Crippen LogP contribution in [-0.4, -0.2) is 17.7 Å². The Labute approximate surface area is 131 Å². The summed E-state index contributed by atoms with van der Waals surface area (Å²) in [6.45, 7) is 0. The zero-order valence-corrected chi connectivity index (χ0v) is 12.3. The molecule has 3 amide bonds. The lowest BCUT2D eigenvalue weighted by Crippen LogP contribution is -2.33. The van der Waals surface area contributed by atoms with Crippen molar-refractivity contribution in [2.24, 2.45) is 29.4 Å². The monoisotopic (exact) mass is 316 g/mol. The van der Waals surface area contributed by atoms with Crippen LogP contribution in [0.25, 0.3) is 0 Å². The molecule has 4 rings (SSSR count). The van der Waals surface area contributed by atoms with Crippen LogP contribution in [0.3, 0.4) is 0 Å². The minimum Gasteiger partial charge on any atom is -0.366 e. The van der Waals surface area contributed by atoms with Gasteiger partial charge in [0.2, 0.25) is 17.7 Å². The first-order chi connectivity index (χ1) is 10.5. The SMILES string of the molecule is NC(=O)c1cc(N2C(=O)[C@H]3[C@H](C2=O)[C@H]2C=C[C@H]3C2)ccc1Cl. The average Bonchev–Trinajstić information content (AvgIpc) is 3.14. The molecule has 2 N–H and O–H groups in total. The molecule has 2 bridgehead atoms. The molecular weight excluding hydrogens is 304 g/mol. The molecule has 3 aliphatic rings. The molecule has 1 aromatic carbocycles. The molecule has 2 aliphatic carbocycles. The molecule has 1 saturated carbocycles. The van der Waals surface area contributed by atoms with Crippen molar-refractivity contribution in [2.45, 2.75) is 6.42 Å². The molecule has 0 aromatic heterocycles. The molecule has 2 fully saturated rings. The quantitative estimate of drug-likeness (QED) is 0.666. The summed E-state index contributed by atoms with van der Waals surface area (Å²) in [4.78, 5) is 37.9. The maximum Gasteiger partial charge on any atom is 0.250 e. The molecule has 1 aliphatic heterocycles. The number of nitrogens with two attached hydrogens (primary N) is 1. The first kappa shape index (κ1) is 13.5. The van der Waals surface area contributed by atoms with Crippen molar-refractivity contribution >= 4 is 35.0 Å². The van der Waals surface area contributed by atoms with Gasteiger partial charge in [0.05, 0.1) is 28.1 Å². The van der Waals surface area contributed by atoms with Crippen molar-refractivity contribution in [3.8, 4) is 0 Å². The number of halogens is 1. The second-order valence-corrected chi connectivity index (χ2v) is 6.45. The lowest BCUT2D eigenvalue weighted by atomic mass is 9.85. The van der Waals surface area contributed by atoms with Crippen LogP contribution in [0.15, 0.2) is 30.4 Å². The van der Waals surface area contributed by atoms with Crippen molar-refractivity contribution in [3.05, 3.63) is 40.9 Å². The van der Waals surface area contributed by atoms with E-state index in [1.165, 1.54) is 17.0 Å². The molecule has 4 atom stereocenters. The summed E-state index contributed by atoms with van der Waals surface area (Å²) in [5, 5.41) is 0.206. The van der Waals surface area contributed by atoms with Crippen LogP contribution in [0.5, 0.6) is 0 Å². The van der Waals surface area contributed by atoms with Gasteiger partial charge in [-0.1, -0.05) is 23.8 Å². The van der Waals surface area contributed by atoms with Crippen LogP contribution in [0.1, 0.15) is 16.8 Å². The summed E-state index contributed by atoms with van der Waals surface area (Å²) in [6, 6.07) is 4.47. The van der Waals surface area contributed by atoms with Crippen molar-refractivity contribution in [2.75, 3.05) is 4.90 Å². The maximum absolute atomic E-state index is 12.7. The van der Waals surface area contributed by atoms with E-state index >= 15 is 0 Å². The topological polar surface area (TPSA) is 80.5 Å². The number of rotatable bonds is 2. The highest BCUT2D eigenvalue weighted by molar-refractivity contribution is 6.34. The number of anilines is 1. The number of carbonyl (C=O) groups excluding carboxylic acids is 3. The number of amides is 3. The van der Waals surface area contributed by atoms with E-state index in [9.17, 15) is 14.4 Å². The number of carbonyl (C=O) groups is 3. The normalized spacial score (nSPS) is 32.0. The summed E-state index contributed by atoms with van der Waals surface area (Å²) < 4.78 is 0. The lowest BCUT2D eigenvalue weighted by Gasteiger charge is -2.18. The Kier molecular flexibility index (Phi) is 2.72. The molecular formula is C16H13ClN2O3. The van der Waals surface area contributed by atoms with E-state index in [1.54, 1.807) is 6.07 Å². The van der Waals surface area contributed by atoms with E-state index in [-0.39, 0.29) is 46.1 Å². The van der Waals surface area contributed by atoms with Crippen LogP contribution in [0.4, 0.5) is 5.69 Å². The Morgan fingerprint density at radius 3 is 2.27 bits per heavy atom. The smallest absolute Gasteiger partial charge is 0.250 e. The molecule has 1 aromatic rings. The molecule has 0 radical (unpaired) electrons. The van der Waals surface area contributed by atoms with Gasteiger partial charge in [-0.2, -0.15) is 0 Å². The first-order valence-corrected chi connectivity index (χ1v) is 7.52. The number of benzene rings is 1. The molecule has 0 unspecified atom stereocenters. The highest BCUT2D eigenvalue weighted by Gasteiger charge is 2.59. The van der Waals surface area contributed by atoms with Gasteiger partial charge >= 0.3 is 0 Å². The van der Waals surface area contributed by atoms with E-state index in [0.717, 1.165) is 6.42 Å². The van der Waals surface area contributed by atoms with Crippen LogP contribution < -0.4 is 10.6 Å². The molecule has 0 spiro atoms. The van der Waals surface area contributed by atoms with E-state index < -0.39 is 5.91 Å². The van der Waals surface area contributed by atoms with Gasteiger partial charge in [-0.05, 0) is 36.5 Å². The third-order valence-electron chi connectivity index (χ3n) is 4.94. The number of fused-ring (bicyclic) bond motifs is 5. The van der Waals surface area contributed by atoms with Gasteiger partial charge in [0.1, 0.15) is 0 Å². The second kappa shape index (κ2) is 4.43. The summed E-state index contributed by atoms with van der Waals surface area (Å²) in [6.07, 6.45) is 4.96. The third-order valence-corrected chi connectivity index (χ3v) is 5.27. The van der Waals surface area contributed by atoms with E-state index in [1.807, 2.05) is 12.2 Å². The number of hydrogen-bond donors (Lipinski definition) is 1. The third kappa shape index (κ3) is 1.63. The van der Waals surface area contributed by atoms with Gasteiger partial charge in [-0.15, -0.1) is 0 Å². The fourth-order valence-electron chi connectivity index (χ4n) is 4.00. The summed E-state index contributed by atoms with van der Waals surface area (Å²) in [5.74, 6) is -1.30. The van der Waals surface area contributed by atoms with Gasteiger partial charge < -0.3 is 5.73 Å². The van der Waals surface area contributed by atoms with Crippen molar-refractivity contribution < 1.29 is 14.4 Å². The van der Waals surface area contributed by atoms with Crippen LogP contribution in [-0.2, 0) is 9.59 Å². The Morgan fingerprint density at radius 2 is 1.73 bits per heavy atom. The molecule has 1 heterocycles. The van der Waals surface area contributed by atoms with E-state index in [2.05, 4.69) is 0 Å². The van der Waals surface area contributed by atoms with Crippen molar-refractivity contribution in [1.29, 1.82) is 0 Å². The van der Waals surface area contributed by atoms with Crippen LogP contribution in [0, 0.1) is 23.7 Å². The zero-order valence-electron chi connectivity index (χ0n) is 11.5. The minimum absolute atomic E-state index is 0.109. The average molecular weight is 317 g/mol. The predicted molar refractivity (Wildman–Crippen MR) is 80.2 cm³/mol. The Bertz CT molecular complexity index is 728. The van der Waals surface area contributed by atoms with Crippen molar-refractivity contribution in [3.63, 3.8) is 0 Å². The summed E-state index contributed by atoms with van der Waals surface area (Å²) >= 11 is 5.92. The Balaban J connectivity index is 1.76. The number of primary amides is 1. The standard InChI is InChI=1S/C16H13ClN2O3/c17-11-4-3-9(6-10(11)14(18)20)19-15(21)12-7-1-2-8(5-7)13(12)16(19)22/h1-4,6-8,12-13H,5H2,(H2,18,20)/t7-,8-,12+,13+/m0/s1. The fraction of sp³-hybridized carbons (Fsp3) is 0.312. The zero-order chi connectivity index (χ0) is 15.6. The summed E-state index contributed by atoms with van der Waals surface area (Å²) in [5.41, 5.74) is 5.75. The van der Waals surface area contributed by atoms with Crippen LogP contribution >= 0.6 is 11.6 Å². The van der Waals surface area contributed by atoms with Gasteiger partial charge in [-0.3, -0.25) is 14.4 Å². The number of allylic oxidation sites excluding steroid dienone is 2. The van der Waals surface area contributed by atoms with Gasteiger partial charge in [0, 0.05) is 0 Å². The largest absolute Gasteiger partial charge is 0.366 e. The summed E-state index contributed by atoms with van der Waals surface area (Å²) in [7, 11) is 0.